The van der Waals surface area contributed by atoms with Gasteiger partial charge in [0.05, 0.1) is 0 Å². The number of rotatable bonds is 7. The van der Waals surface area contributed by atoms with Crippen LogP contribution in [0.25, 0.3) is 0 Å². The molecule has 0 aliphatic carbocycles. The summed E-state index contributed by atoms with van der Waals surface area (Å²) in [6, 6.07) is 4.98. The summed E-state index contributed by atoms with van der Waals surface area (Å²) in [5.41, 5.74) is 1.50. The van der Waals surface area contributed by atoms with Crippen molar-refractivity contribution < 1.29 is 18.3 Å². The second-order valence-electron chi connectivity index (χ2n) is 6.54. The molecule has 1 saturated heterocycles. The quantitative estimate of drug-likeness (QED) is 0.801. The largest absolute Gasteiger partial charge is 0.434 e. The monoisotopic (exact) mass is 340 g/mol. The van der Waals surface area contributed by atoms with Gasteiger partial charge in [0, 0.05) is 18.5 Å². The molecular formula is C18H26F2N2O2. The molecule has 1 aliphatic heterocycles. The first-order chi connectivity index (χ1) is 11.5. The average molecular weight is 340 g/mol. The molecule has 6 heteroatoms. The van der Waals surface area contributed by atoms with Crippen molar-refractivity contribution in [1.29, 1.82) is 0 Å². The van der Waals surface area contributed by atoms with Gasteiger partial charge in [-0.05, 0) is 50.8 Å². The number of aryl methyl sites for hydroxylation is 1. The van der Waals surface area contributed by atoms with Crippen molar-refractivity contribution in [1.82, 2.24) is 10.6 Å². The molecule has 0 bridgehead atoms. The second kappa shape index (κ2) is 8.97. The number of ether oxygens (including phenoxy) is 1. The SMILES string of the molecule is Cc1ccc(OC(F)F)c(CNC(=O)CC(C)C2CCNCC2)c1. The van der Waals surface area contributed by atoms with Gasteiger partial charge in [-0.3, -0.25) is 4.79 Å². The maximum atomic E-state index is 12.5. The number of hydrogen-bond acceptors (Lipinski definition) is 3. The lowest BCUT2D eigenvalue weighted by molar-refractivity contribution is -0.122. The molecule has 0 spiro atoms. The molecule has 1 amide bonds. The number of alkyl halides is 2. The minimum absolute atomic E-state index is 0.0504. The summed E-state index contributed by atoms with van der Waals surface area (Å²) in [7, 11) is 0. The fourth-order valence-electron chi connectivity index (χ4n) is 3.20. The molecule has 1 unspecified atom stereocenters. The van der Waals surface area contributed by atoms with E-state index in [0.29, 0.717) is 23.8 Å². The van der Waals surface area contributed by atoms with E-state index < -0.39 is 6.61 Å². The van der Waals surface area contributed by atoms with Gasteiger partial charge in [-0.2, -0.15) is 8.78 Å². The molecule has 1 fully saturated rings. The number of carbonyl (C=O) groups is 1. The van der Waals surface area contributed by atoms with Gasteiger partial charge in [-0.15, -0.1) is 0 Å². The van der Waals surface area contributed by atoms with E-state index in [9.17, 15) is 13.6 Å². The van der Waals surface area contributed by atoms with E-state index in [1.54, 1.807) is 12.1 Å². The van der Waals surface area contributed by atoms with E-state index in [-0.39, 0.29) is 18.2 Å². The zero-order chi connectivity index (χ0) is 17.5. The summed E-state index contributed by atoms with van der Waals surface area (Å²) in [5.74, 6) is 0.947. The maximum Gasteiger partial charge on any atom is 0.387 e. The summed E-state index contributed by atoms with van der Waals surface area (Å²) < 4.78 is 29.4. The van der Waals surface area contributed by atoms with Crippen LogP contribution in [0, 0.1) is 18.8 Å². The third kappa shape index (κ3) is 5.74. The minimum atomic E-state index is -2.87. The Kier molecular flexibility index (Phi) is 6.97. The number of benzene rings is 1. The second-order valence-corrected chi connectivity index (χ2v) is 6.54. The molecule has 0 radical (unpaired) electrons. The van der Waals surface area contributed by atoms with Crippen molar-refractivity contribution in [3.05, 3.63) is 29.3 Å². The first-order valence-corrected chi connectivity index (χ1v) is 8.47. The van der Waals surface area contributed by atoms with E-state index in [2.05, 4.69) is 22.3 Å². The highest BCUT2D eigenvalue weighted by atomic mass is 19.3. The Morgan fingerprint density at radius 1 is 1.38 bits per heavy atom. The van der Waals surface area contributed by atoms with Gasteiger partial charge in [0.25, 0.3) is 0 Å². The van der Waals surface area contributed by atoms with Crippen molar-refractivity contribution >= 4 is 5.91 Å². The van der Waals surface area contributed by atoms with E-state index in [0.717, 1.165) is 31.5 Å². The predicted octanol–water partition coefficient (Wildman–Crippen LogP) is 3.24. The highest BCUT2D eigenvalue weighted by Gasteiger charge is 2.22. The molecule has 1 heterocycles. The van der Waals surface area contributed by atoms with Crippen molar-refractivity contribution in [2.24, 2.45) is 11.8 Å². The van der Waals surface area contributed by atoms with Crippen molar-refractivity contribution in [2.75, 3.05) is 13.1 Å². The van der Waals surface area contributed by atoms with Gasteiger partial charge in [0.1, 0.15) is 5.75 Å². The van der Waals surface area contributed by atoms with Gasteiger partial charge in [0.2, 0.25) is 5.91 Å². The highest BCUT2D eigenvalue weighted by molar-refractivity contribution is 5.76. The lowest BCUT2D eigenvalue weighted by Gasteiger charge is -2.27. The maximum absolute atomic E-state index is 12.5. The van der Waals surface area contributed by atoms with E-state index in [1.807, 2.05) is 6.92 Å². The van der Waals surface area contributed by atoms with Crippen LogP contribution in [-0.2, 0) is 11.3 Å². The van der Waals surface area contributed by atoms with Crippen LogP contribution in [0.15, 0.2) is 18.2 Å². The van der Waals surface area contributed by atoms with Crippen molar-refractivity contribution in [3.63, 3.8) is 0 Å². The standard InChI is InChI=1S/C18H26F2N2O2/c1-12-3-4-16(24-18(19)20)15(9-12)11-22-17(23)10-13(2)14-5-7-21-8-6-14/h3-4,9,13-14,18,21H,5-8,10-11H2,1-2H3,(H,22,23). The molecule has 0 saturated carbocycles. The fraction of sp³-hybridized carbons (Fsp3) is 0.611. The third-order valence-electron chi connectivity index (χ3n) is 4.60. The highest BCUT2D eigenvalue weighted by Crippen LogP contribution is 2.25. The molecule has 4 nitrogen and oxygen atoms in total. The van der Waals surface area contributed by atoms with Crippen LogP contribution in [0.1, 0.15) is 37.3 Å². The average Bonchev–Trinajstić information content (AvgIpc) is 2.55. The summed E-state index contributed by atoms with van der Waals surface area (Å²) in [6.45, 7) is 3.32. The Hall–Kier alpha value is -1.69. The minimum Gasteiger partial charge on any atom is -0.434 e. The Morgan fingerprint density at radius 2 is 2.08 bits per heavy atom. The van der Waals surface area contributed by atoms with Gasteiger partial charge >= 0.3 is 6.61 Å². The van der Waals surface area contributed by atoms with Crippen LogP contribution in [0.4, 0.5) is 8.78 Å². The van der Waals surface area contributed by atoms with Crippen LogP contribution < -0.4 is 15.4 Å². The zero-order valence-electron chi connectivity index (χ0n) is 14.3. The van der Waals surface area contributed by atoms with Gasteiger partial charge in [-0.1, -0.05) is 24.6 Å². The van der Waals surface area contributed by atoms with E-state index in [1.165, 1.54) is 6.07 Å². The van der Waals surface area contributed by atoms with E-state index in [4.69, 9.17) is 0 Å². The Bertz CT molecular complexity index is 546. The molecular weight excluding hydrogens is 314 g/mol. The molecule has 1 aliphatic rings. The number of piperidine rings is 1. The van der Waals surface area contributed by atoms with Gasteiger partial charge in [0.15, 0.2) is 0 Å². The molecule has 1 aromatic rings. The summed E-state index contributed by atoms with van der Waals surface area (Å²) in [6.07, 6.45) is 2.65. The normalized spacial score (nSPS) is 16.9. The molecule has 1 atom stereocenters. The topological polar surface area (TPSA) is 50.4 Å². The smallest absolute Gasteiger partial charge is 0.387 e. The first kappa shape index (κ1) is 18.6. The lowest BCUT2D eigenvalue weighted by atomic mass is 9.84. The van der Waals surface area contributed by atoms with Gasteiger partial charge < -0.3 is 15.4 Å². The molecule has 0 aromatic heterocycles. The number of halogens is 2. The summed E-state index contributed by atoms with van der Waals surface area (Å²) in [5, 5.41) is 6.15. The summed E-state index contributed by atoms with van der Waals surface area (Å²) in [4.78, 5) is 12.2. The molecule has 2 rings (SSSR count). The molecule has 24 heavy (non-hydrogen) atoms. The zero-order valence-corrected chi connectivity index (χ0v) is 14.3. The Labute approximate surface area is 142 Å². The van der Waals surface area contributed by atoms with Crippen LogP contribution in [0.2, 0.25) is 0 Å². The van der Waals surface area contributed by atoms with Crippen LogP contribution in [-0.4, -0.2) is 25.6 Å². The Morgan fingerprint density at radius 3 is 2.75 bits per heavy atom. The lowest BCUT2D eigenvalue weighted by Crippen LogP contribution is -2.33. The number of hydrogen-bond donors (Lipinski definition) is 2. The predicted molar refractivity (Wildman–Crippen MR) is 89.0 cm³/mol. The molecule has 2 N–H and O–H groups in total. The number of carbonyl (C=O) groups excluding carboxylic acids is 1. The molecule has 134 valence electrons. The van der Waals surface area contributed by atoms with Crippen LogP contribution in [0.5, 0.6) is 5.75 Å². The molecule has 1 aromatic carbocycles. The first-order valence-electron chi connectivity index (χ1n) is 8.47. The van der Waals surface area contributed by atoms with Crippen molar-refractivity contribution in [3.8, 4) is 5.75 Å². The van der Waals surface area contributed by atoms with Crippen molar-refractivity contribution in [2.45, 2.75) is 46.3 Å². The number of nitrogens with one attached hydrogen (secondary N) is 2. The van der Waals surface area contributed by atoms with E-state index >= 15 is 0 Å². The fourth-order valence-corrected chi connectivity index (χ4v) is 3.20. The number of amides is 1. The third-order valence-corrected chi connectivity index (χ3v) is 4.60. The van der Waals surface area contributed by atoms with Gasteiger partial charge in [-0.25, -0.2) is 0 Å². The van der Waals surface area contributed by atoms with Crippen LogP contribution >= 0.6 is 0 Å². The van der Waals surface area contributed by atoms with Crippen LogP contribution in [0.3, 0.4) is 0 Å². The summed E-state index contributed by atoms with van der Waals surface area (Å²) >= 11 is 0. The Balaban J connectivity index is 1.87.